The molecule has 0 spiro atoms. The molecule has 0 heterocycles. The van der Waals surface area contributed by atoms with Crippen LogP contribution in [-0.2, 0) is 10.2 Å². The summed E-state index contributed by atoms with van der Waals surface area (Å²) in [5, 5.41) is 0. The first-order valence-electron chi connectivity index (χ1n) is 7.00. The fourth-order valence-electron chi connectivity index (χ4n) is 2.86. The third kappa shape index (κ3) is 2.47. The van der Waals surface area contributed by atoms with Crippen molar-refractivity contribution in [2.24, 2.45) is 5.73 Å². The highest BCUT2D eigenvalue weighted by atomic mass is 16.5. The van der Waals surface area contributed by atoms with Gasteiger partial charge in [-0.3, -0.25) is 0 Å². The molecule has 1 atom stereocenters. The summed E-state index contributed by atoms with van der Waals surface area (Å²) in [5.74, 6) is 0. The molecule has 0 radical (unpaired) electrons. The lowest BCUT2D eigenvalue weighted by Crippen LogP contribution is -2.15. The Balaban J connectivity index is 2.53. The van der Waals surface area contributed by atoms with E-state index in [4.69, 9.17) is 10.5 Å². The van der Waals surface area contributed by atoms with Crippen molar-refractivity contribution in [1.29, 1.82) is 0 Å². The second-order valence-corrected chi connectivity index (χ2v) is 6.37. The smallest absolute Gasteiger partial charge is 0.105 e. The van der Waals surface area contributed by atoms with Crippen molar-refractivity contribution in [3.05, 3.63) is 40.5 Å². The molecule has 0 amide bonds. The third-order valence-electron chi connectivity index (χ3n) is 3.95. The fourth-order valence-corrected chi connectivity index (χ4v) is 2.86. The van der Waals surface area contributed by atoms with Gasteiger partial charge in [-0.15, -0.1) is 0 Å². The second kappa shape index (κ2) is 5.10. The van der Waals surface area contributed by atoms with Gasteiger partial charge in [-0.05, 0) is 47.1 Å². The van der Waals surface area contributed by atoms with E-state index in [1.807, 2.05) is 0 Å². The van der Waals surface area contributed by atoms with Gasteiger partial charge in [-0.2, -0.15) is 0 Å². The molecule has 1 aliphatic rings. The summed E-state index contributed by atoms with van der Waals surface area (Å²) in [6.45, 7) is 12.3. The molecule has 0 aliphatic heterocycles. The van der Waals surface area contributed by atoms with Crippen molar-refractivity contribution in [2.45, 2.75) is 46.1 Å². The van der Waals surface area contributed by atoms with Crippen LogP contribution in [0.1, 0.15) is 57.4 Å². The van der Waals surface area contributed by atoms with E-state index in [0.29, 0.717) is 13.2 Å². The SMILES string of the molecule is CC1=C(C)C(OCCN)c2cccc(C(C)(C)C)c21. The Labute approximate surface area is 116 Å². The van der Waals surface area contributed by atoms with E-state index in [-0.39, 0.29) is 11.5 Å². The molecule has 1 aromatic rings. The summed E-state index contributed by atoms with van der Waals surface area (Å²) < 4.78 is 5.95. The Kier molecular flexibility index (Phi) is 3.84. The maximum absolute atomic E-state index is 5.95. The molecular formula is C17H25NO. The van der Waals surface area contributed by atoms with Crippen molar-refractivity contribution in [3.8, 4) is 0 Å². The molecule has 2 heteroatoms. The van der Waals surface area contributed by atoms with Crippen molar-refractivity contribution in [3.63, 3.8) is 0 Å². The van der Waals surface area contributed by atoms with E-state index < -0.39 is 0 Å². The average molecular weight is 259 g/mol. The summed E-state index contributed by atoms with van der Waals surface area (Å²) in [6, 6.07) is 6.57. The molecule has 2 nitrogen and oxygen atoms in total. The zero-order chi connectivity index (χ0) is 14.2. The van der Waals surface area contributed by atoms with Crippen LogP contribution in [0.4, 0.5) is 0 Å². The lowest BCUT2D eigenvalue weighted by atomic mass is 9.81. The maximum Gasteiger partial charge on any atom is 0.105 e. The zero-order valence-electron chi connectivity index (χ0n) is 12.7. The number of hydrogen-bond donors (Lipinski definition) is 1. The predicted octanol–water partition coefficient (Wildman–Crippen LogP) is 3.81. The van der Waals surface area contributed by atoms with E-state index >= 15 is 0 Å². The molecular weight excluding hydrogens is 234 g/mol. The number of nitrogens with two attached hydrogens (primary N) is 1. The molecule has 0 bridgehead atoms. The molecule has 104 valence electrons. The lowest BCUT2D eigenvalue weighted by Gasteiger charge is -2.24. The summed E-state index contributed by atoms with van der Waals surface area (Å²) in [7, 11) is 0. The molecule has 2 rings (SSSR count). The molecule has 1 unspecified atom stereocenters. The predicted molar refractivity (Wildman–Crippen MR) is 81.2 cm³/mol. The standard InChI is InChI=1S/C17H25NO/c1-11-12(2)16(19-10-9-18)13-7-6-8-14(15(11)13)17(3,4)5/h6-8,16H,9-10,18H2,1-5H3. The van der Waals surface area contributed by atoms with Gasteiger partial charge in [0.2, 0.25) is 0 Å². The van der Waals surface area contributed by atoms with E-state index in [2.05, 4.69) is 52.8 Å². The topological polar surface area (TPSA) is 35.2 Å². The van der Waals surface area contributed by atoms with Crippen molar-refractivity contribution in [1.82, 2.24) is 0 Å². The molecule has 0 fully saturated rings. The highest BCUT2D eigenvalue weighted by Crippen LogP contribution is 2.46. The summed E-state index contributed by atoms with van der Waals surface area (Å²) in [6.07, 6.45) is 0.0841. The van der Waals surface area contributed by atoms with Gasteiger partial charge < -0.3 is 10.5 Å². The maximum atomic E-state index is 5.95. The number of hydrogen-bond acceptors (Lipinski definition) is 2. The van der Waals surface area contributed by atoms with E-state index in [1.165, 1.54) is 27.8 Å². The Bertz CT molecular complexity index is 508. The molecule has 0 saturated heterocycles. The van der Waals surface area contributed by atoms with Gasteiger partial charge >= 0.3 is 0 Å². The third-order valence-corrected chi connectivity index (χ3v) is 3.95. The monoisotopic (exact) mass is 259 g/mol. The Hall–Kier alpha value is -1.12. The largest absolute Gasteiger partial charge is 0.368 e. The van der Waals surface area contributed by atoms with Crippen LogP contribution in [0, 0.1) is 0 Å². The highest BCUT2D eigenvalue weighted by molar-refractivity contribution is 5.79. The Morgan fingerprint density at radius 1 is 1.21 bits per heavy atom. The minimum atomic E-state index is 0.0841. The molecule has 2 N–H and O–H groups in total. The molecule has 0 saturated carbocycles. The summed E-state index contributed by atoms with van der Waals surface area (Å²) >= 11 is 0. The van der Waals surface area contributed by atoms with Gasteiger partial charge in [-0.1, -0.05) is 39.0 Å². The van der Waals surface area contributed by atoms with Crippen LogP contribution in [0.25, 0.3) is 5.57 Å². The van der Waals surface area contributed by atoms with Gasteiger partial charge in [0.15, 0.2) is 0 Å². The minimum Gasteiger partial charge on any atom is -0.368 e. The average Bonchev–Trinajstić information content (AvgIpc) is 2.59. The first-order valence-corrected chi connectivity index (χ1v) is 7.00. The first-order chi connectivity index (χ1) is 8.88. The normalized spacial score (nSPS) is 18.9. The van der Waals surface area contributed by atoms with Crippen molar-refractivity contribution >= 4 is 5.57 Å². The molecule has 0 aromatic heterocycles. The number of benzene rings is 1. The summed E-state index contributed by atoms with van der Waals surface area (Å²) in [4.78, 5) is 0. The van der Waals surface area contributed by atoms with Gasteiger partial charge in [0.1, 0.15) is 6.10 Å². The number of allylic oxidation sites excluding steroid dienone is 1. The Morgan fingerprint density at radius 2 is 1.89 bits per heavy atom. The minimum absolute atomic E-state index is 0.0841. The van der Waals surface area contributed by atoms with Crippen LogP contribution < -0.4 is 5.73 Å². The van der Waals surface area contributed by atoms with Gasteiger partial charge in [0.05, 0.1) is 6.61 Å². The first kappa shape index (κ1) is 14.3. The van der Waals surface area contributed by atoms with Crippen LogP contribution in [-0.4, -0.2) is 13.2 Å². The van der Waals surface area contributed by atoms with Gasteiger partial charge in [0, 0.05) is 6.54 Å². The molecule has 19 heavy (non-hydrogen) atoms. The fraction of sp³-hybridized carbons (Fsp3) is 0.529. The zero-order valence-corrected chi connectivity index (χ0v) is 12.7. The van der Waals surface area contributed by atoms with E-state index in [1.54, 1.807) is 0 Å². The van der Waals surface area contributed by atoms with Gasteiger partial charge in [-0.25, -0.2) is 0 Å². The van der Waals surface area contributed by atoms with Crippen LogP contribution >= 0.6 is 0 Å². The summed E-state index contributed by atoms with van der Waals surface area (Å²) in [5.41, 5.74) is 12.5. The molecule has 1 aromatic carbocycles. The highest BCUT2D eigenvalue weighted by Gasteiger charge is 2.31. The number of ether oxygens (including phenoxy) is 1. The van der Waals surface area contributed by atoms with Crippen LogP contribution in [0.2, 0.25) is 0 Å². The van der Waals surface area contributed by atoms with E-state index in [9.17, 15) is 0 Å². The van der Waals surface area contributed by atoms with Crippen LogP contribution in [0.3, 0.4) is 0 Å². The molecule has 1 aliphatic carbocycles. The quantitative estimate of drug-likeness (QED) is 0.896. The second-order valence-electron chi connectivity index (χ2n) is 6.37. The van der Waals surface area contributed by atoms with Crippen molar-refractivity contribution < 1.29 is 4.74 Å². The van der Waals surface area contributed by atoms with Crippen molar-refractivity contribution in [2.75, 3.05) is 13.2 Å². The van der Waals surface area contributed by atoms with Crippen LogP contribution in [0.5, 0.6) is 0 Å². The van der Waals surface area contributed by atoms with E-state index in [0.717, 1.165) is 0 Å². The lowest BCUT2D eigenvalue weighted by molar-refractivity contribution is 0.0860. The van der Waals surface area contributed by atoms with Crippen LogP contribution in [0.15, 0.2) is 23.8 Å². The number of fused-ring (bicyclic) bond motifs is 1. The number of rotatable bonds is 3. The van der Waals surface area contributed by atoms with Gasteiger partial charge in [0.25, 0.3) is 0 Å². The Morgan fingerprint density at radius 3 is 2.47 bits per heavy atom.